The number of rotatable bonds is 4. The molecule has 0 amide bonds. The average Bonchev–Trinajstić information content (AvgIpc) is 2.47. The maximum absolute atomic E-state index is 12.8. The molecule has 2 heterocycles. The first-order chi connectivity index (χ1) is 10.0. The second-order valence-electron chi connectivity index (χ2n) is 3.87. The van der Waals surface area contributed by atoms with Crippen LogP contribution >= 0.6 is 11.8 Å². The Balaban J connectivity index is 2.19. The van der Waals surface area contributed by atoms with Crippen LogP contribution in [0.15, 0.2) is 47.1 Å². The van der Waals surface area contributed by atoms with Crippen LogP contribution in [0.4, 0.5) is 13.2 Å². The van der Waals surface area contributed by atoms with Gasteiger partial charge in [0.15, 0.2) is 5.75 Å². The fourth-order valence-corrected chi connectivity index (χ4v) is 2.29. The summed E-state index contributed by atoms with van der Waals surface area (Å²) >= 11 is 1.16. The average molecular weight is 312 g/mol. The highest BCUT2D eigenvalue weighted by molar-refractivity contribution is 8.02. The van der Waals surface area contributed by atoms with E-state index in [0.717, 1.165) is 17.8 Å². The first kappa shape index (κ1) is 15.4. The highest BCUT2D eigenvalue weighted by Crippen LogP contribution is 2.32. The van der Waals surface area contributed by atoms with E-state index in [1.54, 1.807) is 18.3 Å². The van der Waals surface area contributed by atoms with Gasteiger partial charge in [0.25, 0.3) is 0 Å². The minimum Gasteiger partial charge on any atom is -0.494 e. The normalized spacial score (nSPS) is 11.8. The highest BCUT2D eigenvalue weighted by Gasteiger charge is 2.33. The third kappa shape index (κ3) is 3.98. The van der Waals surface area contributed by atoms with Gasteiger partial charge >= 0.3 is 6.18 Å². The Hall–Kier alpha value is -2.02. The number of halogens is 3. The summed E-state index contributed by atoms with van der Waals surface area (Å²) in [5.41, 5.74) is -0.901. The zero-order valence-corrected chi connectivity index (χ0v) is 11.8. The summed E-state index contributed by atoms with van der Waals surface area (Å²) in [6.45, 7) is 0. The zero-order chi connectivity index (χ0) is 15.3. The SMILES string of the molecule is COc1cccnc1S/C=C/c1ncccc1C(F)(F)F. The van der Waals surface area contributed by atoms with Crippen molar-refractivity contribution in [2.45, 2.75) is 11.2 Å². The largest absolute Gasteiger partial charge is 0.494 e. The van der Waals surface area contributed by atoms with Gasteiger partial charge in [-0.1, -0.05) is 11.8 Å². The van der Waals surface area contributed by atoms with Crippen molar-refractivity contribution >= 4 is 17.8 Å². The van der Waals surface area contributed by atoms with Crippen LogP contribution in [0.2, 0.25) is 0 Å². The molecule has 0 spiro atoms. The lowest BCUT2D eigenvalue weighted by atomic mass is 10.2. The van der Waals surface area contributed by atoms with Crippen molar-refractivity contribution in [1.29, 1.82) is 0 Å². The van der Waals surface area contributed by atoms with Crippen LogP contribution < -0.4 is 4.74 Å². The summed E-state index contributed by atoms with van der Waals surface area (Å²) < 4.78 is 43.5. The van der Waals surface area contributed by atoms with Crippen LogP contribution in [0.25, 0.3) is 6.08 Å². The summed E-state index contributed by atoms with van der Waals surface area (Å²) in [6, 6.07) is 5.70. The minimum absolute atomic E-state index is 0.132. The van der Waals surface area contributed by atoms with Gasteiger partial charge < -0.3 is 4.74 Å². The van der Waals surface area contributed by atoms with Crippen LogP contribution in [0.3, 0.4) is 0 Å². The molecule has 3 nitrogen and oxygen atoms in total. The number of ether oxygens (including phenoxy) is 1. The molecule has 0 fully saturated rings. The van der Waals surface area contributed by atoms with E-state index < -0.39 is 11.7 Å². The lowest BCUT2D eigenvalue weighted by Crippen LogP contribution is -2.08. The van der Waals surface area contributed by atoms with E-state index in [2.05, 4.69) is 9.97 Å². The third-order valence-corrected chi connectivity index (χ3v) is 3.31. The van der Waals surface area contributed by atoms with E-state index >= 15 is 0 Å². The topological polar surface area (TPSA) is 35.0 Å². The number of nitrogens with zero attached hydrogens (tertiary/aromatic N) is 2. The van der Waals surface area contributed by atoms with Gasteiger partial charge in [-0.2, -0.15) is 13.2 Å². The molecule has 0 saturated carbocycles. The lowest BCUT2D eigenvalue weighted by molar-refractivity contribution is -0.138. The molecule has 0 unspecified atom stereocenters. The van der Waals surface area contributed by atoms with Gasteiger partial charge in [-0.05, 0) is 35.7 Å². The van der Waals surface area contributed by atoms with E-state index in [1.165, 1.54) is 30.9 Å². The van der Waals surface area contributed by atoms with Crippen LogP contribution in [0.5, 0.6) is 5.75 Å². The van der Waals surface area contributed by atoms with Crippen molar-refractivity contribution in [1.82, 2.24) is 9.97 Å². The maximum atomic E-state index is 12.8. The molecule has 21 heavy (non-hydrogen) atoms. The molecular formula is C14H11F3N2OS. The Morgan fingerprint density at radius 3 is 2.57 bits per heavy atom. The van der Waals surface area contributed by atoms with Crippen molar-refractivity contribution in [3.8, 4) is 5.75 Å². The second-order valence-corrected chi connectivity index (χ2v) is 4.76. The molecule has 0 aliphatic rings. The van der Waals surface area contributed by atoms with Crippen LogP contribution in [-0.4, -0.2) is 17.1 Å². The van der Waals surface area contributed by atoms with Crippen LogP contribution in [0.1, 0.15) is 11.3 Å². The Bertz CT molecular complexity index is 644. The van der Waals surface area contributed by atoms with Gasteiger partial charge in [0.2, 0.25) is 0 Å². The number of alkyl halides is 3. The van der Waals surface area contributed by atoms with E-state index in [-0.39, 0.29) is 5.69 Å². The molecular weight excluding hydrogens is 301 g/mol. The number of methoxy groups -OCH3 is 1. The summed E-state index contributed by atoms with van der Waals surface area (Å²) in [4.78, 5) is 7.84. The van der Waals surface area contributed by atoms with Gasteiger partial charge in [-0.15, -0.1) is 0 Å². The van der Waals surface area contributed by atoms with Gasteiger partial charge in [-0.25, -0.2) is 4.98 Å². The predicted octanol–water partition coefficient (Wildman–Crippen LogP) is 4.27. The number of hydrogen-bond acceptors (Lipinski definition) is 4. The molecule has 2 rings (SSSR count). The van der Waals surface area contributed by atoms with Crippen molar-refractivity contribution in [3.05, 3.63) is 53.3 Å². The number of thioether (sulfide) groups is 1. The predicted molar refractivity (Wildman–Crippen MR) is 74.9 cm³/mol. The van der Waals surface area contributed by atoms with Crippen molar-refractivity contribution in [2.24, 2.45) is 0 Å². The van der Waals surface area contributed by atoms with E-state index in [0.29, 0.717) is 10.8 Å². The maximum Gasteiger partial charge on any atom is 0.418 e. The second kappa shape index (κ2) is 6.62. The molecule has 0 aromatic carbocycles. The van der Waals surface area contributed by atoms with Crippen LogP contribution in [-0.2, 0) is 6.18 Å². The number of aromatic nitrogens is 2. The Kier molecular flexibility index (Phi) is 4.85. The van der Waals surface area contributed by atoms with Crippen LogP contribution in [0, 0.1) is 0 Å². The summed E-state index contributed by atoms with van der Waals surface area (Å²) in [5, 5.41) is 2.07. The van der Waals surface area contributed by atoms with Crippen molar-refractivity contribution in [3.63, 3.8) is 0 Å². The Labute approximate surface area is 123 Å². The van der Waals surface area contributed by atoms with Gasteiger partial charge in [0, 0.05) is 12.4 Å². The molecule has 0 atom stereocenters. The fourth-order valence-electron chi connectivity index (χ4n) is 1.57. The summed E-state index contributed by atoms with van der Waals surface area (Å²) in [6.07, 6.45) is -0.218. The molecule has 110 valence electrons. The van der Waals surface area contributed by atoms with Gasteiger partial charge in [0.1, 0.15) is 5.03 Å². The summed E-state index contributed by atoms with van der Waals surface area (Å²) in [7, 11) is 1.51. The van der Waals surface area contributed by atoms with Gasteiger partial charge in [-0.3, -0.25) is 4.98 Å². The van der Waals surface area contributed by atoms with E-state index in [1.807, 2.05) is 0 Å². The van der Waals surface area contributed by atoms with Gasteiger partial charge in [0.05, 0.1) is 18.4 Å². The molecule has 0 bridgehead atoms. The monoisotopic (exact) mass is 312 g/mol. The van der Waals surface area contributed by atoms with E-state index in [9.17, 15) is 13.2 Å². The molecule has 7 heteroatoms. The molecule has 0 saturated heterocycles. The first-order valence-electron chi connectivity index (χ1n) is 5.87. The fraction of sp³-hybridized carbons (Fsp3) is 0.143. The number of hydrogen-bond donors (Lipinski definition) is 0. The Morgan fingerprint density at radius 1 is 1.14 bits per heavy atom. The highest BCUT2D eigenvalue weighted by atomic mass is 32.2. The quantitative estimate of drug-likeness (QED) is 0.790. The smallest absolute Gasteiger partial charge is 0.418 e. The number of pyridine rings is 2. The Morgan fingerprint density at radius 2 is 1.86 bits per heavy atom. The molecule has 0 radical (unpaired) electrons. The van der Waals surface area contributed by atoms with Crippen molar-refractivity contribution < 1.29 is 17.9 Å². The third-order valence-electron chi connectivity index (χ3n) is 2.51. The molecule has 2 aromatic heterocycles. The van der Waals surface area contributed by atoms with E-state index in [4.69, 9.17) is 4.74 Å². The summed E-state index contributed by atoms with van der Waals surface area (Å²) in [5.74, 6) is 0.559. The molecule has 2 aromatic rings. The zero-order valence-electron chi connectivity index (χ0n) is 11.0. The first-order valence-corrected chi connectivity index (χ1v) is 6.75. The molecule has 0 aliphatic heterocycles. The lowest BCUT2D eigenvalue weighted by Gasteiger charge is -2.08. The standard InChI is InChI=1S/C14H11F3N2OS/c1-20-12-5-3-8-19-13(12)21-9-6-11-10(14(15,16)17)4-2-7-18-11/h2-9H,1H3/b9-6+. The van der Waals surface area contributed by atoms with Crippen molar-refractivity contribution in [2.75, 3.05) is 7.11 Å². The molecule has 0 N–H and O–H groups in total. The molecule has 0 aliphatic carbocycles. The minimum atomic E-state index is -4.43.